The first-order valence-corrected chi connectivity index (χ1v) is 17.8. The van der Waals surface area contributed by atoms with Crippen LogP contribution in [0.1, 0.15) is 27.2 Å². The maximum atomic E-state index is 14.9. The van der Waals surface area contributed by atoms with Crippen LogP contribution >= 0.6 is 0 Å². The fraction of sp³-hybridized carbons (Fsp3) is 0.0488. The second-order valence-corrected chi connectivity index (χ2v) is 13.7. The van der Waals surface area contributed by atoms with Crippen LogP contribution in [0.15, 0.2) is 115 Å². The maximum Gasteiger partial charge on any atom is 0.446 e. The lowest BCUT2D eigenvalue weighted by molar-refractivity contribution is 0.105. The number of para-hydroxylation sites is 1. The van der Waals surface area contributed by atoms with Crippen LogP contribution < -0.4 is 14.9 Å². The van der Waals surface area contributed by atoms with Gasteiger partial charge in [0.2, 0.25) is 5.78 Å². The van der Waals surface area contributed by atoms with Crippen LogP contribution in [0.5, 0.6) is 28.7 Å². The molecule has 8 rings (SSSR count). The molecule has 11 nitrogen and oxygen atoms in total. The standard InChI is InChI=1S/C41H30N2O9S/c44-27-12-4-23(5-13-27)20-21-43-32(22-24-6-14-28(45)15-7-24)34(25-8-16-29(46)17-9-25)37-36-31-2-1-3-33(52-53(49,50)51)38(31)42-39(36)41(48)35(40(37)43)26-10-18-30(47)19-11-26/h1-19,22,42,44-47H,20-21H2,(H,49,50,51). The zero-order chi connectivity index (χ0) is 37.0. The summed E-state index contributed by atoms with van der Waals surface area (Å²) in [4.78, 5) is 18.1. The van der Waals surface area contributed by atoms with Gasteiger partial charge in [-0.1, -0.05) is 60.7 Å². The smallest absolute Gasteiger partial charge is 0.446 e. The summed E-state index contributed by atoms with van der Waals surface area (Å²) in [5.74, 6) is -0.365. The molecular weight excluding hydrogens is 697 g/mol. The number of phenols is 4. The summed E-state index contributed by atoms with van der Waals surface area (Å²) in [5.41, 5.74) is 5.24. The number of aryl methyl sites for hydroxylation is 1. The topological polar surface area (TPSA) is 182 Å². The fourth-order valence-electron chi connectivity index (χ4n) is 7.01. The van der Waals surface area contributed by atoms with Gasteiger partial charge in [0.25, 0.3) is 0 Å². The summed E-state index contributed by atoms with van der Waals surface area (Å²) in [5, 5.41) is 42.3. The van der Waals surface area contributed by atoms with E-state index >= 15 is 0 Å². The van der Waals surface area contributed by atoms with Gasteiger partial charge in [-0.05, 0) is 89.3 Å². The third-order valence-corrected chi connectivity index (χ3v) is 9.69. The zero-order valence-corrected chi connectivity index (χ0v) is 28.5. The van der Waals surface area contributed by atoms with Gasteiger partial charge in [-0.2, -0.15) is 8.42 Å². The van der Waals surface area contributed by atoms with Crippen LogP contribution in [0, 0.1) is 0 Å². The van der Waals surface area contributed by atoms with E-state index in [-0.39, 0.29) is 40.0 Å². The second kappa shape index (κ2) is 12.8. The van der Waals surface area contributed by atoms with Crippen molar-refractivity contribution in [3.8, 4) is 51.0 Å². The zero-order valence-electron chi connectivity index (χ0n) is 27.7. The summed E-state index contributed by atoms with van der Waals surface area (Å²) in [6.07, 6.45) is 2.42. The van der Waals surface area contributed by atoms with Crippen molar-refractivity contribution in [2.45, 2.75) is 13.0 Å². The number of fused-ring (bicyclic) bond motifs is 5. The van der Waals surface area contributed by atoms with Crippen molar-refractivity contribution in [2.24, 2.45) is 0 Å². The Morgan fingerprint density at radius 2 is 1.25 bits per heavy atom. The molecule has 0 saturated heterocycles. The molecule has 1 aliphatic rings. The third kappa shape index (κ3) is 6.15. The summed E-state index contributed by atoms with van der Waals surface area (Å²) in [6, 6.07) is 31.1. The Hall–Kier alpha value is -6.76. The van der Waals surface area contributed by atoms with E-state index in [1.54, 1.807) is 84.9 Å². The van der Waals surface area contributed by atoms with Gasteiger partial charge >= 0.3 is 10.4 Å². The minimum absolute atomic E-state index is 0.00461. The molecule has 2 heterocycles. The summed E-state index contributed by atoms with van der Waals surface area (Å²) >= 11 is 0. The Kier molecular flexibility index (Phi) is 8.05. The second-order valence-electron chi connectivity index (χ2n) is 12.7. The Bertz CT molecular complexity index is 2800. The average Bonchev–Trinajstić information content (AvgIpc) is 3.66. The molecule has 6 N–H and O–H groups in total. The molecule has 0 atom stereocenters. The van der Waals surface area contributed by atoms with Gasteiger partial charge < -0.3 is 34.2 Å². The number of Topliss-reactive ketones (excluding diaryl/α,β-unsaturated/α-hetero) is 1. The van der Waals surface area contributed by atoms with Gasteiger partial charge in [-0.3, -0.25) is 9.35 Å². The Morgan fingerprint density at radius 1 is 0.679 bits per heavy atom. The predicted octanol–water partition coefficient (Wildman–Crippen LogP) is 5.77. The molecule has 0 amide bonds. The van der Waals surface area contributed by atoms with Gasteiger partial charge in [-0.15, -0.1) is 0 Å². The molecule has 264 valence electrons. The predicted molar refractivity (Wildman–Crippen MR) is 199 cm³/mol. The molecule has 7 aromatic rings. The Balaban J connectivity index is 1.57. The molecule has 0 aliphatic heterocycles. The number of carbonyl (C=O) groups excluding carboxylic acids is 1. The van der Waals surface area contributed by atoms with Crippen molar-refractivity contribution in [1.29, 1.82) is 0 Å². The van der Waals surface area contributed by atoms with Gasteiger partial charge in [0, 0.05) is 28.6 Å². The van der Waals surface area contributed by atoms with Crippen LogP contribution in [0.2, 0.25) is 0 Å². The molecule has 2 aromatic heterocycles. The highest BCUT2D eigenvalue weighted by Gasteiger charge is 2.35. The number of benzene rings is 5. The number of phenolic OH excluding ortho intramolecular Hbond substituents is 4. The highest BCUT2D eigenvalue weighted by Crippen LogP contribution is 2.43. The van der Waals surface area contributed by atoms with E-state index in [1.807, 2.05) is 22.8 Å². The van der Waals surface area contributed by atoms with Crippen LogP contribution in [0.4, 0.5) is 0 Å². The van der Waals surface area contributed by atoms with E-state index in [0.29, 0.717) is 62.4 Å². The SMILES string of the molecule is O=C1C(c2ccc(O)cc2)=c2c(c(-c3ccc(O)cc3)c(=Cc3ccc(O)cc3)n2CCc2ccc(O)cc2)-c2c1[nH]c1c(OS(=O)(=O)O)cccc21. The van der Waals surface area contributed by atoms with Crippen LogP contribution in [0.25, 0.3) is 44.8 Å². The number of aromatic amines is 1. The lowest BCUT2D eigenvalue weighted by Crippen LogP contribution is -2.34. The molecule has 0 unspecified atom stereocenters. The average molecular weight is 727 g/mol. The lowest BCUT2D eigenvalue weighted by atomic mass is 9.85. The van der Waals surface area contributed by atoms with Gasteiger partial charge in [0.05, 0.1) is 27.5 Å². The van der Waals surface area contributed by atoms with Gasteiger partial charge in [0.1, 0.15) is 23.0 Å². The summed E-state index contributed by atoms with van der Waals surface area (Å²) < 4.78 is 40.4. The van der Waals surface area contributed by atoms with Crippen molar-refractivity contribution in [2.75, 3.05) is 0 Å². The molecule has 0 saturated carbocycles. The van der Waals surface area contributed by atoms with E-state index in [1.165, 1.54) is 18.2 Å². The van der Waals surface area contributed by atoms with E-state index in [4.69, 9.17) is 4.18 Å². The lowest BCUT2D eigenvalue weighted by Gasteiger charge is -2.17. The van der Waals surface area contributed by atoms with E-state index < -0.39 is 16.2 Å². The number of nitrogens with one attached hydrogen (secondary N) is 1. The first-order chi connectivity index (χ1) is 25.4. The molecule has 53 heavy (non-hydrogen) atoms. The largest absolute Gasteiger partial charge is 0.508 e. The summed E-state index contributed by atoms with van der Waals surface area (Å²) in [6.45, 7) is 0.346. The van der Waals surface area contributed by atoms with Gasteiger partial charge in [0.15, 0.2) is 5.75 Å². The Morgan fingerprint density at radius 3 is 1.85 bits per heavy atom. The molecule has 5 aromatic carbocycles. The minimum Gasteiger partial charge on any atom is -0.508 e. The number of H-pyrrole nitrogens is 1. The van der Waals surface area contributed by atoms with Gasteiger partial charge in [-0.25, -0.2) is 0 Å². The van der Waals surface area contributed by atoms with Crippen molar-refractivity contribution in [1.82, 2.24) is 9.55 Å². The van der Waals surface area contributed by atoms with E-state index in [2.05, 4.69) is 4.98 Å². The van der Waals surface area contributed by atoms with Crippen molar-refractivity contribution in [3.63, 3.8) is 0 Å². The molecule has 0 fully saturated rings. The Labute approximate surface area is 302 Å². The molecule has 0 bridgehead atoms. The highest BCUT2D eigenvalue weighted by molar-refractivity contribution is 7.81. The number of hydrogen-bond donors (Lipinski definition) is 6. The summed E-state index contributed by atoms with van der Waals surface area (Å²) in [7, 11) is -4.93. The first-order valence-electron chi connectivity index (χ1n) is 16.5. The van der Waals surface area contributed by atoms with Crippen molar-refractivity contribution >= 4 is 38.7 Å². The number of hydrogen-bond acceptors (Lipinski definition) is 8. The normalized spacial score (nSPS) is 13.0. The fourth-order valence-corrected chi connectivity index (χ4v) is 7.37. The number of ketones is 1. The van der Waals surface area contributed by atoms with E-state index in [0.717, 1.165) is 11.1 Å². The molecule has 0 spiro atoms. The number of aromatic nitrogens is 2. The number of carbonyl (C=O) groups is 1. The van der Waals surface area contributed by atoms with Crippen LogP contribution in [-0.2, 0) is 23.4 Å². The third-order valence-electron chi connectivity index (χ3n) is 9.30. The minimum atomic E-state index is -4.93. The number of nitrogens with zero attached hydrogens (tertiary/aromatic N) is 1. The number of aromatic hydroxyl groups is 4. The van der Waals surface area contributed by atoms with Crippen LogP contribution in [-0.4, -0.2) is 48.7 Å². The molecule has 0 radical (unpaired) electrons. The molecular formula is C41H30N2O9S. The monoisotopic (exact) mass is 726 g/mol. The first kappa shape index (κ1) is 33.4. The maximum absolute atomic E-state index is 14.9. The quantitative estimate of drug-likeness (QED) is 0.106. The number of rotatable bonds is 8. The van der Waals surface area contributed by atoms with Crippen molar-refractivity contribution < 1.29 is 42.4 Å². The van der Waals surface area contributed by atoms with Crippen molar-refractivity contribution in [3.05, 3.63) is 148 Å². The molecule has 12 heteroatoms. The highest BCUT2D eigenvalue weighted by atomic mass is 32.3. The van der Waals surface area contributed by atoms with E-state index in [9.17, 15) is 38.2 Å². The van der Waals surface area contributed by atoms with Crippen LogP contribution in [0.3, 0.4) is 0 Å². The molecule has 1 aliphatic carbocycles.